The Morgan fingerprint density at radius 3 is 1.16 bits per heavy atom. The van der Waals surface area contributed by atoms with Gasteiger partial charge in [0.25, 0.3) is 0 Å². The highest BCUT2D eigenvalue weighted by atomic mass is 32.5. The second-order valence-corrected chi connectivity index (χ2v) is 20.6. The van der Waals surface area contributed by atoms with Crippen LogP contribution in [-0.4, -0.2) is 279 Å². The maximum atomic E-state index is 12.3. The molecule has 0 spiro atoms. The smallest absolute Gasteiger partial charge is 0.325 e. The van der Waals surface area contributed by atoms with Crippen LogP contribution in [0, 0.1) is 11.8 Å². The van der Waals surface area contributed by atoms with Crippen molar-refractivity contribution in [3.63, 3.8) is 0 Å². The van der Waals surface area contributed by atoms with E-state index in [0.717, 1.165) is 0 Å². The summed E-state index contributed by atoms with van der Waals surface area (Å²) in [6.45, 7) is -1.16. The fraction of sp³-hybridized carbons (Fsp3) is 0.952. The van der Waals surface area contributed by atoms with Gasteiger partial charge in [0.05, 0.1) is 211 Å². The molecule has 436 valence electrons. The lowest BCUT2D eigenvalue weighted by molar-refractivity contribution is -0.127. The Hall–Kier alpha value is -0.680. The van der Waals surface area contributed by atoms with Crippen molar-refractivity contribution in [3.8, 4) is 0 Å². The molecule has 0 aromatic rings. The minimum atomic E-state index is -3.73. The third kappa shape index (κ3) is 51.8. The first-order valence-corrected chi connectivity index (χ1v) is 29.3. The van der Waals surface area contributed by atoms with Gasteiger partial charge in [-0.3, -0.25) is 9.59 Å². The molecule has 0 aliphatic heterocycles. The Balaban J connectivity index is 4.83. The van der Waals surface area contributed by atoms with Gasteiger partial charge >= 0.3 is 13.4 Å². The van der Waals surface area contributed by atoms with Crippen molar-refractivity contribution in [1.82, 2.24) is 10.6 Å². The lowest BCUT2D eigenvalue weighted by atomic mass is 10.2. The van der Waals surface area contributed by atoms with E-state index >= 15 is 0 Å². The summed E-state index contributed by atoms with van der Waals surface area (Å²) < 4.78 is 93.5. The van der Waals surface area contributed by atoms with Gasteiger partial charge in [-0.2, -0.15) is 0 Å². The van der Waals surface area contributed by atoms with Crippen molar-refractivity contribution in [2.45, 2.75) is 19.4 Å². The zero-order valence-corrected chi connectivity index (χ0v) is 45.8. The number of carbonyl (C=O) groups excluding carboxylic acids is 2. The van der Waals surface area contributed by atoms with Crippen LogP contribution in [0.25, 0.3) is 0 Å². The van der Waals surface area contributed by atoms with Crippen molar-refractivity contribution in [3.05, 3.63) is 0 Å². The van der Waals surface area contributed by atoms with E-state index in [9.17, 15) is 19.4 Å². The summed E-state index contributed by atoms with van der Waals surface area (Å²) >= 11 is 10.3. The first-order valence-electron chi connectivity index (χ1n) is 24.2. The minimum Gasteiger partial charge on any atom is -0.394 e. The molecule has 3 unspecified atom stereocenters. The van der Waals surface area contributed by atoms with E-state index in [1.807, 2.05) is 0 Å². The van der Waals surface area contributed by atoms with Crippen molar-refractivity contribution < 1.29 is 119 Å². The van der Waals surface area contributed by atoms with E-state index in [1.54, 1.807) is 6.92 Å². The van der Waals surface area contributed by atoms with Gasteiger partial charge in [0.1, 0.15) is 12.7 Å². The minimum absolute atomic E-state index is 0.0116. The SMILES string of the molecule is CCNC(=O)CCNC(=O)COCC(COCCOCCOP(O)(=S)OCC(COCCOCCO)COCCOCCO)COCCOCCOP(O)(=S)OC(COCCOCCO)COCCOCCO. The molecule has 0 aromatic heterocycles. The molecule has 2 amide bonds. The largest absolute Gasteiger partial charge is 0.394 e. The van der Waals surface area contributed by atoms with Gasteiger partial charge in [0, 0.05) is 31.3 Å². The Labute approximate surface area is 440 Å². The molecule has 0 rings (SSSR count). The average Bonchev–Trinajstić information content (AvgIpc) is 3.35. The first kappa shape index (κ1) is 72.3. The molecule has 8 N–H and O–H groups in total. The molecule has 0 radical (unpaired) electrons. The second-order valence-electron chi connectivity index (χ2n) is 14.9. The molecule has 27 nitrogen and oxygen atoms in total. The Bertz CT molecular complexity index is 1320. The number of carbonyl (C=O) groups is 2. The van der Waals surface area contributed by atoms with E-state index in [4.69, 9.17) is 124 Å². The highest BCUT2D eigenvalue weighted by molar-refractivity contribution is 8.07. The maximum absolute atomic E-state index is 12.3. The molecule has 0 saturated carbocycles. The number of amides is 2. The lowest BCUT2D eigenvalue weighted by Crippen LogP contribution is -2.33. The fourth-order valence-electron chi connectivity index (χ4n) is 5.25. The van der Waals surface area contributed by atoms with Gasteiger partial charge in [-0.15, -0.1) is 0 Å². The first-order chi connectivity index (χ1) is 35.4. The van der Waals surface area contributed by atoms with E-state index in [-0.39, 0.29) is 255 Å². The van der Waals surface area contributed by atoms with Crippen molar-refractivity contribution in [1.29, 1.82) is 0 Å². The molecule has 3 atom stereocenters. The number of rotatable bonds is 59. The van der Waals surface area contributed by atoms with Gasteiger partial charge in [0.15, 0.2) is 0 Å². The molecular weight excluding hydrogens is 1060 g/mol. The molecule has 0 saturated heterocycles. The fourth-order valence-corrected chi connectivity index (χ4v) is 7.89. The summed E-state index contributed by atoms with van der Waals surface area (Å²) in [6, 6.07) is 0. The normalized spacial score (nSPS) is 13.9. The van der Waals surface area contributed by atoms with Crippen molar-refractivity contribution in [2.75, 3.05) is 231 Å². The summed E-state index contributed by atoms with van der Waals surface area (Å²) in [6.07, 6.45) is -0.637. The van der Waals surface area contributed by atoms with Crippen LogP contribution >= 0.6 is 13.4 Å². The van der Waals surface area contributed by atoms with E-state index < -0.39 is 19.5 Å². The van der Waals surface area contributed by atoms with E-state index in [0.29, 0.717) is 6.54 Å². The van der Waals surface area contributed by atoms with Gasteiger partial charge in [-0.05, 0) is 30.5 Å². The topological polar surface area (TPSA) is 336 Å². The Morgan fingerprint density at radius 2 is 0.753 bits per heavy atom. The average molecular weight is 1150 g/mol. The summed E-state index contributed by atoms with van der Waals surface area (Å²) in [4.78, 5) is 45.2. The molecule has 0 aromatic carbocycles. The van der Waals surface area contributed by atoms with Crippen molar-refractivity contribution >= 4 is 48.9 Å². The molecule has 31 heteroatoms. The summed E-state index contributed by atoms with van der Waals surface area (Å²) in [5, 5.41) is 40.7. The quantitative estimate of drug-likeness (QED) is 0.0239. The van der Waals surface area contributed by atoms with Crippen LogP contribution in [0.2, 0.25) is 0 Å². The highest BCUT2D eigenvalue weighted by Crippen LogP contribution is 2.45. The zero-order chi connectivity index (χ0) is 53.8. The maximum Gasteiger partial charge on any atom is 0.325 e. The summed E-state index contributed by atoms with van der Waals surface area (Å²) in [7, 11) is 0. The Kier molecular flexibility index (Phi) is 52.8. The van der Waals surface area contributed by atoms with Crippen LogP contribution in [-0.2, 0) is 113 Å². The van der Waals surface area contributed by atoms with Crippen molar-refractivity contribution in [2.24, 2.45) is 11.8 Å². The number of ether oxygens (including phenoxy) is 13. The van der Waals surface area contributed by atoms with Crippen LogP contribution in [0.4, 0.5) is 0 Å². The zero-order valence-electron chi connectivity index (χ0n) is 42.3. The highest BCUT2D eigenvalue weighted by Gasteiger charge is 2.23. The van der Waals surface area contributed by atoms with Gasteiger partial charge in [-0.1, -0.05) is 0 Å². The third-order valence-corrected chi connectivity index (χ3v) is 11.8. The van der Waals surface area contributed by atoms with Gasteiger partial charge in [0.2, 0.25) is 11.8 Å². The van der Waals surface area contributed by atoms with Gasteiger partial charge < -0.3 is 121 Å². The third-order valence-electron chi connectivity index (χ3n) is 8.55. The van der Waals surface area contributed by atoms with E-state index in [1.165, 1.54) is 0 Å². The van der Waals surface area contributed by atoms with Gasteiger partial charge in [-0.25, -0.2) is 0 Å². The number of aliphatic hydroxyl groups excluding tert-OH is 4. The lowest BCUT2D eigenvalue weighted by Gasteiger charge is -2.23. The molecule has 73 heavy (non-hydrogen) atoms. The van der Waals surface area contributed by atoms with Crippen LogP contribution in [0.5, 0.6) is 0 Å². The monoisotopic (exact) mass is 1140 g/mol. The number of hydrogen-bond acceptors (Lipinski definition) is 25. The number of aliphatic hydroxyl groups is 4. The molecule has 0 fully saturated rings. The van der Waals surface area contributed by atoms with Crippen LogP contribution in [0.15, 0.2) is 0 Å². The van der Waals surface area contributed by atoms with Crippen LogP contribution < -0.4 is 10.6 Å². The summed E-state index contributed by atoms with van der Waals surface area (Å²) in [5.41, 5.74) is 0. The standard InChI is InChI=1S/C42H86N2O25P2S2/c1-2-43-41(49)3-4-44-42(50)37-65-33-38(30-60-22-18-58-26-28-67-71(52,73)69-40(35-63-23-15-55-11-7-47)36-64-24-16-56-12-8-48)29-59-21-17-57-25-27-66-70(51,72)68-34-39(31-61-19-13-53-9-5-45)32-62-20-14-54-10-6-46/h38-40,45-48H,2-37H2,1H3,(H,43,49)(H,44,50)(H,51,72)(H,52,73). The predicted octanol–water partition coefficient (Wildman–Crippen LogP) is -2.09. The molecular formula is C42H86N2O25P2S2. The summed E-state index contributed by atoms with van der Waals surface area (Å²) in [5.74, 6) is -1.17. The van der Waals surface area contributed by atoms with Crippen LogP contribution in [0.1, 0.15) is 13.3 Å². The predicted molar refractivity (Wildman–Crippen MR) is 268 cm³/mol. The molecule has 0 heterocycles. The van der Waals surface area contributed by atoms with E-state index in [2.05, 4.69) is 10.6 Å². The second kappa shape index (κ2) is 53.3. The molecule has 0 bridgehead atoms. The molecule has 0 aliphatic rings. The molecule has 0 aliphatic carbocycles. The number of nitrogens with one attached hydrogen (secondary N) is 2. The number of hydrogen-bond donors (Lipinski definition) is 8. The Morgan fingerprint density at radius 1 is 0.411 bits per heavy atom. The van der Waals surface area contributed by atoms with Crippen LogP contribution in [0.3, 0.4) is 0 Å².